The van der Waals surface area contributed by atoms with Crippen molar-refractivity contribution in [3.63, 3.8) is 0 Å². The molecular formula is C23H37N3O6S. The van der Waals surface area contributed by atoms with Crippen molar-refractivity contribution < 1.29 is 27.5 Å². The van der Waals surface area contributed by atoms with Crippen LogP contribution in [0.2, 0.25) is 0 Å². The molecule has 0 bridgehead atoms. The summed E-state index contributed by atoms with van der Waals surface area (Å²) in [6, 6.07) is -1.10. The lowest BCUT2D eigenvalue weighted by molar-refractivity contribution is -0.141. The van der Waals surface area contributed by atoms with Gasteiger partial charge in [0, 0.05) is 26.0 Å². The summed E-state index contributed by atoms with van der Waals surface area (Å²) in [5.41, 5.74) is -1.10. The van der Waals surface area contributed by atoms with Crippen LogP contribution in [-0.4, -0.2) is 76.1 Å². The number of nitrogens with one attached hydrogen (secondary N) is 2. The minimum absolute atomic E-state index is 0.108. The number of sulfonamides is 1. The second kappa shape index (κ2) is 10.2. The van der Waals surface area contributed by atoms with Gasteiger partial charge >= 0.3 is 0 Å². The first kappa shape index (κ1) is 25.8. The summed E-state index contributed by atoms with van der Waals surface area (Å²) in [7, 11) is -0.432. The summed E-state index contributed by atoms with van der Waals surface area (Å²) in [4.78, 5) is 41.7. The van der Waals surface area contributed by atoms with Gasteiger partial charge in [0.2, 0.25) is 21.8 Å². The van der Waals surface area contributed by atoms with E-state index in [9.17, 15) is 22.8 Å². The number of carbonyl (C=O) groups is 3. The van der Waals surface area contributed by atoms with Crippen molar-refractivity contribution in [3.8, 4) is 0 Å². The monoisotopic (exact) mass is 483 g/mol. The fourth-order valence-corrected chi connectivity index (χ4v) is 5.94. The predicted octanol–water partition coefficient (Wildman–Crippen LogP) is 0.998. The number of methoxy groups -OCH3 is 1. The number of hydrogen-bond donors (Lipinski definition) is 2. The van der Waals surface area contributed by atoms with Gasteiger partial charge in [0.1, 0.15) is 0 Å². The van der Waals surface area contributed by atoms with Crippen LogP contribution < -0.4 is 10.0 Å². The minimum atomic E-state index is -3.76. The Morgan fingerprint density at radius 3 is 2.61 bits per heavy atom. The highest BCUT2D eigenvalue weighted by molar-refractivity contribution is 7.89. The van der Waals surface area contributed by atoms with Crippen LogP contribution >= 0.6 is 0 Å². The number of fused-ring (bicyclic) bond motifs is 2. The van der Waals surface area contributed by atoms with Crippen molar-refractivity contribution in [2.45, 2.75) is 70.1 Å². The van der Waals surface area contributed by atoms with Crippen molar-refractivity contribution in [3.05, 3.63) is 12.2 Å². The average molecular weight is 484 g/mol. The molecule has 0 spiro atoms. The van der Waals surface area contributed by atoms with Gasteiger partial charge in [-0.25, -0.2) is 8.42 Å². The molecule has 6 atom stereocenters. The van der Waals surface area contributed by atoms with Gasteiger partial charge in [-0.3, -0.25) is 19.1 Å². The zero-order chi connectivity index (χ0) is 24.4. The summed E-state index contributed by atoms with van der Waals surface area (Å²) in [6.07, 6.45) is 9.29. The van der Waals surface area contributed by atoms with Gasteiger partial charge in [0.15, 0.2) is 5.78 Å². The van der Waals surface area contributed by atoms with E-state index in [0.717, 1.165) is 31.9 Å². The molecule has 3 rings (SSSR count). The zero-order valence-corrected chi connectivity index (χ0v) is 20.8. The fraction of sp³-hybridized carbons (Fsp3) is 0.783. The highest BCUT2D eigenvalue weighted by Crippen LogP contribution is 2.57. The minimum Gasteiger partial charge on any atom is -0.379 e. The van der Waals surface area contributed by atoms with Gasteiger partial charge < -0.3 is 15.0 Å². The maximum atomic E-state index is 13.6. The molecule has 0 aromatic rings. The number of ether oxygens (including phenoxy) is 1. The third-order valence-corrected chi connectivity index (χ3v) is 8.00. The number of nitrogens with zero attached hydrogens (tertiary/aromatic N) is 1. The Labute approximate surface area is 196 Å². The maximum absolute atomic E-state index is 13.6. The van der Waals surface area contributed by atoms with Crippen LogP contribution in [0.4, 0.5) is 0 Å². The summed E-state index contributed by atoms with van der Waals surface area (Å²) in [6.45, 7) is 2.21. The molecule has 9 nitrogen and oxygen atoms in total. The Balaban J connectivity index is 1.94. The van der Waals surface area contributed by atoms with Gasteiger partial charge in [0.25, 0.3) is 0 Å². The molecule has 0 aromatic carbocycles. The van der Waals surface area contributed by atoms with Gasteiger partial charge in [-0.2, -0.15) is 0 Å². The molecule has 2 N–H and O–H groups in total. The Morgan fingerprint density at radius 1 is 1.24 bits per heavy atom. The van der Waals surface area contributed by atoms with Crippen molar-refractivity contribution in [1.29, 1.82) is 0 Å². The standard InChI is InChI=1S/C23H37N3O6S/c1-15-19(32-3)14-26-20(15)18(27)13-23(22(29)25-33(4,30)31)12-16(23)10-8-6-5-7-9-11-17(24-2)21(26)28/h8,10,15-17,19-20,24H,5-7,9,11-14H2,1-4H3,(H,25,29)/b10-8-/t15-,16+,17-,19-,20-,23+/m0/s1. The van der Waals surface area contributed by atoms with Crippen LogP contribution in [-0.2, 0) is 29.1 Å². The van der Waals surface area contributed by atoms with E-state index in [4.69, 9.17) is 4.74 Å². The summed E-state index contributed by atoms with van der Waals surface area (Å²) in [5.74, 6) is -1.42. The summed E-state index contributed by atoms with van der Waals surface area (Å²) < 4.78 is 31.1. The molecule has 1 saturated heterocycles. The zero-order valence-electron chi connectivity index (χ0n) is 20.0. The molecule has 0 unspecified atom stereocenters. The number of allylic oxidation sites excluding steroid dienone is 2. The summed E-state index contributed by atoms with van der Waals surface area (Å²) in [5, 5.41) is 3.10. The molecule has 2 amide bonds. The number of amides is 2. The van der Waals surface area contributed by atoms with Gasteiger partial charge in [0.05, 0.1) is 29.9 Å². The first-order valence-electron chi connectivity index (χ1n) is 11.8. The Morgan fingerprint density at radius 2 is 1.97 bits per heavy atom. The largest absolute Gasteiger partial charge is 0.379 e. The number of rotatable bonds is 4. The molecular weight excluding hydrogens is 446 g/mol. The molecule has 186 valence electrons. The maximum Gasteiger partial charge on any atom is 0.240 e. The number of likely N-dealkylation sites (N-methyl/N-ethyl adjacent to an activating group) is 1. The second-order valence-corrected chi connectivity index (χ2v) is 11.5. The molecule has 2 heterocycles. The molecule has 0 aromatic heterocycles. The van der Waals surface area contributed by atoms with E-state index in [0.29, 0.717) is 19.4 Å². The van der Waals surface area contributed by atoms with Crippen LogP contribution in [0.3, 0.4) is 0 Å². The molecule has 2 fully saturated rings. The summed E-state index contributed by atoms with van der Waals surface area (Å²) >= 11 is 0. The van der Waals surface area contributed by atoms with E-state index in [2.05, 4.69) is 10.0 Å². The number of ketones is 1. The number of Topliss-reactive ketones (excluding diaryl/α,β-unsaturated/α-hetero) is 1. The van der Waals surface area contributed by atoms with Crippen molar-refractivity contribution in [1.82, 2.24) is 14.9 Å². The van der Waals surface area contributed by atoms with Crippen molar-refractivity contribution >= 4 is 27.6 Å². The fourth-order valence-electron chi connectivity index (χ4n) is 5.40. The van der Waals surface area contributed by atoms with E-state index in [1.807, 2.05) is 19.1 Å². The SMILES string of the molecule is CN[C@H]1CCCCC/C=C\[C@@H]2C[C@@]2(C(=O)NS(C)(=O)=O)CC(=O)[C@@H]2[C@@H](C)[C@@H](OC)CN2C1=O. The van der Waals surface area contributed by atoms with Crippen LogP contribution in [0, 0.1) is 17.3 Å². The third kappa shape index (κ3) is 5.66. The van der Waals surface area contributed by atoms with E-state index >= 15 is 0 Å². The van der Waals surface area contributed by atoms with Crippen LogP contribution in [0.5, 0.6) is 0 Å². The van der Waals surface area contributed by atoms with Crippen LogP contribution in [0.25, 0.3) is 0 Å². The molecule has 2 aliphatic heterocycles. The molecule has 1 saturated carbocycles. The molecule has 1 aliphatic carbocycles. The number of carbonyl (C=O) groups excluding carboxylic acids is 3. The highest BCUT2D eigenvalue weighted by atomic mass is 32.2. The van der Waals surface area contributed by atoms with E-state index in [1.54, 1.807) is 19.1 Å². The Bertz CT molecular complexity index is 904. The predicted molar refractivity (Wildman–Crippen MR) is 124 cm³/mol. The van der Waals surface area contributed by atoms with Crippen molar-refractivity contribution in [2.75, 3.05) is 27.0 Å². The third-order valence-electron chi connectivity index (χ3n) is 7.44. The quantitative estimate of drug-likeness (QED) is 0.572. The first-order chi connectivity index (χ1) is 15.5. The van der Waals surface area contributed by atoms with Gasteiger partial charge in [-0.1, -0.05) is 31.9 Å². The smallest absolute Gasteiger partial charge is 0.240 e. The van der Waals surface area contributed by atoms with E-state index < -0.39 is 27.4 Å². The first-order valence-corrected chi connectivity index (χ1v) is 13.7. The molecule has 33 heavy (non-hydrogen) atoms. The Kier molecular flexibility index (Phi) is 8.01. The molecule has 3 aliphatic rings. The topological polar surface area (TPSA) is 122 Å². The molecule has 0 radical (unpaired) electrons. The second-order valence-electron chi connectivity index (χ2n) is 9.79. The van der Waals surface area contributed by atoms with Gasteiger partial charge in [-0.15, -0.1) is 0 Å². The average Bonchev–Trinajstić information content (AvgIpc) is 3.32. The Hall–Kier alpha value is -1.78. The van der Waals surface area contributed by atoms with Gasteiger partial charge in [-0.05, 0) is 38.6 Å². The van der Waals surface area contributed by atoms with Crippen molar-refractivity contribution in [2.24, 2.45) is 17.3 Å². The normalized spacial score (nSPS) is 36.8. The highest BCUT2D eigenvalue weighted by Gasteiger charge is 2.61. The van der Waals surface area contributed by atoms with E-state index in [1.165, 1.54) is 0 Å². The van der Waals surface area contributed by atoms with E-state index in [-0.39, 0.29) is 42.1 Å². The van der Waals surface area contributed by atoms with Crippen LogP contribution in [0.1, 0.15) is 51.9 Å². The lowest BCUT2D eigenvalue weighted by Gasteiger charge is -2.30. The lowest BCUT2D eigenvalue weighted by atomic mass is 9.87. The number of hydrogen-bond acceptors (Lipinski definition) is 7. The lowest BCUT2D eigenvalue weighted by Crippen LogP contribution is -2.51. The van der Waals surface area contributed by atoms with Crippen LogP contribution in [0.15, 0.2) is 12.2 Å². The molecule has 10 heteroatoms.